The van der Waals surface area contributed by atoms with Crippen molar-refractivity contribution in [1.29, 1.82) is 0 Å². The quantitative estimate of drug-likeness (QED) is 0.597. The lowest BCUT2D eigenvalue weighted by molar-refractivity contribution is -0.137. The van der Waals surface area contributed by atoms with Gasteiger partial charge in [-0.05, 0) is 37.6 Å². The predicted molar refractivity (Wildman–Crippen MR) is 109 cm³/mol. The van der Waals surface area contributed by atoms with Crippen LogP contribution in [0.15, 0.2) is 30.5 Å². The highest BCUT2D eigenvalue weighted by atomic mass is 19.4. The van der Waals surface area contributed by atoms with Crippen LogP contribution >= 0.6 is 0 Å². The number of hydrogen-bond donors (Lipinski definition) is 1. The van der Waals surface area contributed by atoms with Crippen LogP contribution < -0.4 is 5.73 Å². The van der Waals surface area contributed by atoms with Crippen LogP contribution in [0.4, 0.5) is 23.4 Å². The molecule has 0 aliphatic carbocycles. The minimum Gasteiger partial charge on any atom is -0.383 e. The smallest absolute Gasteiger partial charge is 0.383 e. The molecule has 2 aromatic heterocycles. The second-order valence-electron chi connectivity index (χ2n) is 7.86. The number of anilines is 1. The van der Waals surface area contributed by atoms with Crippen LogP contribution in [-0.2, 0) is 30.7 Å². The highest BCUT2D eigenvalue weighted by Gasteiger charge is 2.31. The first-order valence-electron chi connectivity index (χ1n) is 9.87. The largest absolute Gasteiger partial charge is 0.417 e. The predicted octanol–water partition coefficient (Wildman–Crippen LogP) is 4.45. The molecule has 4 rings (SSSR count). The van der Waals surface area contributed by atoms with Gasteiger partial charge in [-0.2, -0.15) is 13.2 Å². The van der Waals surface area contributed by atoms with Gasteiger partial charge in [0.15, 0.2) is 0 Å². The number of halogens is 4. The minimum absolute atomic E-state index is 0.0761. The van der Waals surface area contributed by atoms with Crippen LogP contribution in [0.3, 0.4) is 0 Å². The van der Waals surface area contributed by atoms with Gasteiger partial charge < -0.3 is 15.4 Å². The Balaban J connectivity index is 1.69. The Hall–Kier alpha value is -3.27. The SMILES string of the molecule is CC(C)N(Cc1ccc(C(F)(F)F)cn1)C(=O)c1cc2c3c(c(N)nc2cc1F)COC3. The lowest BCUT2D eigenvalue weighted by Gasteiger charge is -2.27. The van der Waals surface area contributed by atoms with E-state index in [1.807, 2.05) is 0 Å². The van der Waals surface area contributed by atoms with Crippen molar-refractivity contribution in [2.45, 2.75) is 45.8 Å². The molecule has 3 aromatic rings. The monoisotopic (exact) mass is 448 g/mol. The van der Waals surface area contributed by atoms with Crippen molar-refractivity contribution in [3.05, 3.63) is 64.2 Å². The van der Waals surface area contributed by atoms with Gasteiger partial charge in [0.05, 0.1) is 42.1 Å². The highest BCUT2D eigenvalue weighted by molar-refractivity contribution is 5.99. The molecule has 168 valence electrons. The van der Waals surface area contributed by atoms with Crippen LogP contribution in [0.25, 0.3) is 10.9 Å². The number of benzene rings is 1. The van der Waals surface area contributed by atoms with E-state index in [9.17, 15) is 22.4 Å². The Morgan fingerprint density at radius 3 is 2.56 bits per heavy atom. The summed E-state index contributed by atoms with van der Waals surface area (Å²) in [6.45, 7) is 3.96. The van der Waals surface area contributed by atoms with Crippen LogP contribution in [0, 0.1) is 5.82 Å². The molecule has 6 nitrogen and oxygen atoms in total. The minimum atomic E-state index is -4.51. The summed E-state index contributed by atoms with van der Waals surface area (Å²) in [7, 11) is 0. The summed E-state index contributed by atoms with van der Waals surface area (Å²) in [5, 5.41) is 0.577. The molecule has 0 spiro atoms. The number of ether oxygens (including phenoxy) is 1. The summed E-state index contributed by atoms with van der Waals surface area (Å²) >= 11 is 0. The number of hydrogen-bond acceptors (Lipinski definition) is 5. The van der Waals surface area contributed by atoms with Gasteiger partial charge in [0.2, 0.25) is 0 Å². The van der Waals surface area contributed by atoms with Crippen LogP contribution in [-0.4, -0.2) is 26.8 Å². The van der Waals surface area contributed by atoms with E-state index in [2.05, 4.69) is 9.97 Å². The molecule has 0 fully saturated rings. The summed E-state index contributed by atoms with van der Waals surface area (Å²) in [5.74, 6) is -1.11. The van der Waals surface area contributed by atoms with E-state index in [0.717, 1.165) is 23.3 Å². The standard InChI is InChI=1S/C22H20F4N4O2/c1-11(2)30(8-13-4-3-12(7-28-13)22(24,25)26)21(31)15-5-14-16-9-32-10-17(16)20(27)29-19(14)6-18(15)23/h3-7,11H,8-10H2,1-2H3,(H2,27,29). The summed E-state index contributed by atoms with van der Waals surface area (Å²) in [6.07, 6.45) is -3.79. The van der Waals surface area contributed by atoms with E-state index in [4.69, 9.17) is 10.5 Å². The van der Waals surface area contributed by atoms with Crippen molar-refractivity contribution in [3.63, 3.8) is 0 Å². The molecule has 0 bridgehead atoms. The molecule has 10 heteroatoms. The molecule has 3 heterocycles. The van der Waals surface area contributed by atoms with Crippen LogP contribution in [0.1, 0.15) is 46.6 Å². The van der Waals surface area contributed by atoms with E-state index in [1.54, 1.807) is 13.8 Å². The zero-order valence-electron chi connectivity index (χ0n) is 17.3. The van der Waals surface area contributed by atoms with E-state index in [1.165, 1.54) is 17.0 Å². The van der Waals surface area contributed by atoms with E-state index < -0.39 is 23.5 Å². The lowest BCUT2D eigenvalue weighted by atomic mass is 10.0. The topological polar surface area (TPSA) is 81.3 Å². The van der Waals surface area contributed by atoms with Crippen molar-refractivity contribution in [3.8, 4) is 0 Å². The molecule has 0 saturated heterocycles. The van der Waals surface area contributed by atoms with Crippen LogP contribution in [0.5, 0.6) is 0 Å². The first-order chi connectivity index (χ1) is 15.1. The number of pyridine rings is 2. The summed E-state index contributed by atoms with van der Waals surface area (Å²) in [5.41, 5.74) is 6.94. The molecular formula is C22H20F4N4O2. The number of aromatic nitrogens is 2. The molecular weight excluding hydrogens is 428 g/mol. The zero-order valence-corrected chi connectivity index (χ0v) is 17.3. The lowest BCUT2D eigenvalue weighted by Crippen LogP contribution is -2.37. The van der Waals surface area contributed by atoms with Crippen molar-refractivity contribution < 1.29 is 27.1 Å². The Kier molecular flexibility index (Phi) is 5.49. The van der Waals surface area contributed by atoms with Gasteiger partial charge in [0.1, 0.15) is 11.6 Å². The molecule has 0 atom stereocenters. The molecule has 1 aromatic carbocycles. The molecule has 1 amide bonds. The number of carbonyl (C=O) groups is 1. The molecule has 0 unspecified atom stereocenters. The number of carbonyl (C=O) groups excluding carboxylic acids is 1. The first kappa shape index (κ1) is 21.9. The van der Waals surface area contributed by atoms with Gasteiger partial charge in [0.25, 0.3) is 5.91 Å². The first-order valence-corrected chi connectivity index (χ1v) is 9.87. The van der Waals surface area contributed by atoms with E-state index in [-0.39, 0.29) is 36.3 Å². The number of rotatable bonds is 4. The van der Waals surface area contributed by atoms with Crippen molar-refractivity contribution in [2.75, 3.05) is 5.73 Å². The fourth-order valence-electron chi connectivity index (χ4n) is 3.66. The van der Waals surface area contributed by atoms with Crippen LogP contribution in [0.2, 0.25) is 0 Å². The van der Waals surface area contributed by atoms with Gasteiger partial charge in [-0.3, -0.25) is 9.78 Å². The van der Waals surface area contributed by atoms with Gasteiger partial charge in [-0.15, -0.1) is 0 Å². The molecule has 1 aliphatic rings. The number of fused-ring (bicyclic) bond motifs is 3. The summed E-state index contributed by atoms with van der Waals surface area (Å²) < 4.78 is 58.7. The third-order valence-corrected chi connectivity index (χ3v) is 5.42. The summed E-state index contributed by atoms with van der Waals surface area (Å²) in [4.78, 5) is 22.6. The molecule has 0 radical (unpaired) electrons. The Morgan fingerprint density at radius 1 is 1.22 bits per heavy atom. The van der Waals surface area contributed by atoms with Crippen molar-refractivity contribution in [1.82, 2.24) is 14.9 Å². The number of nitrogens with zero attached hydrogens (tertiary/aromatic N) is 3. The highest BCUT2D eigenvalue weighted by Crippen LogP contribution is 2.33. The normalized spacial score (nSPS) is 13.6. The fourth-order valence-corrected chi connectivity index (χ4v) is 3.66. The summed E-state index contributed by atoms with van der Waals surface area (Å²) in [6, 6.07) is 4.34. The van der Waals surface area contributed by atoms with E-state index >= 15 is 0 Å². The maximum atomic E-state index is 14.9. The Morgan fingerprint density at radius 2 is 1.94 bits per heavy atom. The number of nitrogen functional groups attached to an aromatic ring is 1. The average molecular weight is 448 g/mol. The maximum absolute atomic E-state index is 14.9. The zero-order chi connectivity index (χ0) is 23.2. The molecule has 2 N–H and O–H groups in total. The number of alkyl halides is 3. The van der Waals surface area contributed by atoms with Crippen molar-refractivity contribution in [2.24, 2.45) is 0 Å². The molecule has 32 heavy (non-hydrogen) atoms. The third-order valence-electron chi connectivity index (χ3n) is 5.42. The number of amides is 1. The molecule has 0 saturated carbocycles. The van der Waals surface area contributed by atoms with E-state index in [0.29, 0.717) is 23.7 Å². The maximum Gasteiger partial charge on any atom is 0.417 e. The molecule has 1 aliphatic heterocycles. The third kappa shape index (κ3) is 3.97. The van der Waals surface area contributed by atoms with Crippen molar-refractivity contribution >= 4 is 22.6 Å². The van der Waals surface area contributed by atoms with Gasteiger partial charge >= 0.3 is 6.18 Å². The Labute approximate surface area is 181 Å². The van der Waals surface area contributed by atoms with Gasteiger partial charge in [-0.25, -0.2) is 9.37 Å². The Bertz CT molecular complexity index is 1190. The van der Waals surface area contributed by atoms with Gasteiger partial charge in [0, 0.05) is 29.3 Å². The second kappa shape index (κ2) is 8.01. The second-order valence-corrected chi connectivity index (χ2v) is 7.86. The fraction of sp³-hybridized carbons (Fsp3) is 0.318. The average Bonchev–Trinajstić information content (AvgIpc) is 3.21. The number of nitrogens with two attached hydrogens (primary N) is 1. The van der Waals surface area contributed by atoms with Gasteiger partial charge in [-0.1, -0.05) is 0 Å².